The van der Waals surface area contributed by atoms with Gasteiger partial charge in [0.25, 0.3) is 17.1 Å². The molecule has 0 bridgehead atoms. The molecule has 5 fully saturated rings. The SMILES string of the molecule is CCCCc1nc(NCc2c(-c3ccc(O[C@H]4CCC[C@H](C(=O)O)C4)c(C)n3)nnn2C)no1.CCOc1nc(NCc2c(-c3ccc(O[C@H]4CCC[C@H](C(=O)O)C4)c(C)n3)nnn2C)ns1.Cc1nc(-c2nnn(C)c2CNc2nc(-c3ccccc3)ns2)ccc1O[C@H]1CCC[C@H](C(=O)O)C1.Cn1nnc(-c2ccc(O[C@H]3CCC[C@H](C(=O)O)C3)cn2)c1CNc1noc(CCC2CC2)n1. The molecule has 43 nitrogen and oxygen atoms in total. The Morgan fingerprint density at radius 2 is 0.847 bits per heavy atom. The van der Waals surface area contributed by atoms with Crippen molar-refractivity contribution in [1.29, 1.82) is 0 Å². The van der Waals surface area contributed by atoms with Crippen LogP contribution in [0, 0.1) is 50.4 Å². The Bertz CT molecular complexity index is 6190. The van der Waals surface area contributed by atoms with Crippen molar-refractivity contribution in [2.45, 2.75) is 233 Å². The summed E-state index contributed by atoms with van der Waals surface area (Å²) in [5, 5.41) is 93.2. The highest BCUT2D eigenvalue weighted by atomic mass is 32.1. The molecule has 12 aromatic heterocycles. The molecule has 8 atom stereocenters. The average molecular weight is 1920 g/mol. The van der Waals surface area contributed by atoms with E-state index < -0.39 is 23.9 Å². The summed E-state index contributed by atoms with van der Waals surface area (Å²) in [4.78, 5) is 81.6. The molecule has 8 N–H and O–H groups in total. The Morgan fingerprint density at radius 1 is 0.438 bits per heavy atom. The lowest BCUT2D eigenvalue weighted by Gasteiger charge is -2.27. The van der Waals surface area contributed by atoms with Crippen LogP contribution in [0.2, 0.25) is 0 Å². The van der Waals surface area contributed by atoms with Crippen molar-refractivity contribution in [2.24, 2.45) is 57.8 Å². The van der Waals surface area contributed by atoms with Gasteiger partial charge in [0.2, 0.25) is 22.9 Å². The Hall–Kier alpha value is -14.1. The number of hydrogen-bond donors (Lipinski definition) is 8. The van der Waals surface area contributed by atoms with Gasteiger partial charge in [0.1, 0.15) is 45.8 Å². The van der Waals surface area contributed by atoms with Crippen molar-refractivity contribution in [3.05, 3.63) is 137 Å². The van der Waals surface area contributed by atoms with Crippen LogP contribution in [-0.2, 0) is 86.4 Å². The molecule has 137 heavy (non-hydrogen) atoms. The Morgan fingerprint density at radius 3 is 1.25 bits per heavy atom. The molecule has 0 saturated heterocycles. The fourth-order valence-electron chi connectivity index (χ4n) is 16.8. The van der Waals surface area contributed by atoms with Crippen LogP contribution in [0.25, 0.3) is 56.9 Å². The first-order valence-corrected chi connectivity index (χ1v) is 47.9. The Labute approximate surface area is 797 Å². The minimum Gasteiger partial charge on any atom is -0.489 e. The Kier molecular flexibility index (Phi) is 33.0. The number of pyridine rings is 4. The summed E-state index contributed by atoms with van der Waals surface area (Å²) in [6.45, 7) is 11.9. The first-order chi connectivity index (χ1) is 66.4. The van der Waals surface area contributed by atoms with E-state index in [0.717, 1.165) is 135 Å². The summed E-state index contributed by atoms with van der Waals surface area (Å²) < 4.78 is 55.8. The molecule has 5 saturated carbocycles. The van der Waals surface area contributed by atoms with Crippen LogP contribution < -0.4 is 45.0 Å². The number of hydrogen-bond acceptors (Lipinski definition) is 37. The predicted octanol–water partition coefficient (Wildman–Crippen LogP) is 14.2. The third-order valence-electron chi connectivity index (χ3n) is 24.6. The summed E-state index contributed by atoms with van der Waals surface area (Å²) in [5.41, 5.74) is 11.9. The number of carboxylic acid groups (broad SMARTS) is 4. The maximum Gasteiger partial charge on any atom is 0.306 e. The van der Waals surface area contributed by atoms with Crippen LogP contribution in [0.4, 0.5) is 23.0 Å². The fourth-order valence-corrected chi connectivity index (χ4v) is 17.9. The summed E-state index contributed by atoms with van der Waals surface area (Å²) >= 11 is 2.50. The second kappa shape index (κ2) is 46.4. The highest BCUT2D eigenvalue weighted by Gasteiger charge is 2.34. The molecule has 0 aliphatic heterocycles. The molecular weight excluding hydrogens is 1800 g/mol. The molecule has 5 aliphatic rings. The lowest BCUT2D eigenvalue weighted by Crippen LogP contribution is -2.29. The topological polar surface area (TPSA) is 547 Å². The third-order valence-corrected chi connectivity index (χ3v) is 25.9. The van der Waals surface area contributed by atoms with E-state index in [0.29, 0.717) is 198 Å². The van der Waals surface area contributed by atoms with E-state index in [1.807, 2.05) is 135 Å². The standard InChI is InChI=1S/C25H27N7O3S.C23H29N7O4.C23H31N7O4.C21H27N7O4S/c1-15-21(35-18-10-6-9-17(13-18)24(33)34)12-11-19(27-15)22-20(32(2)31-29-22)14-26-25-28-23(30-36-25)16-7-4-3-5-8-16;1-30-19(13-25-23-26-20(34-28-23)10-7-14-5-6-14)21(27-29-30)18-9-8-17(12-24-18)33-16-4-2-3-15(11-16)22(31)32;1-4-5-9-20-26-23(28-34-20)24-13-18-21(27-29-30(18)3)17-10-11-19(14(2)25-17)33-16-8-6-7-15(12-16)22(31)32;1-4-31-21-24-20(26-33-21)22-11-16-18(25-27-28(16)3)15-8-9-17(12(2)23-15)32-14-7-5-6-13(10-14)19(29)30/h3-5,7-8,11-12,17-18H,6,9-10,13-14H2,1-2H3,(H,33,34)(H,26,28,30);8-9,12,14-16H,2-7,10-11,13H2,1H3,(H,25,28)(H,31,32);10-11,15-16H,4-9,12-13H2,1-3H3,(H,24,28)(H,31,32);8-9,13-14H,4-7,10-11H2,1-3H3,(H,22,26)(H,29,30)/t17-,18-;2*15-,16-;13-,14-/m0000/s1. The van der Waals surface area contributed by atoms with E-state index in [4.69, 9.17) is 42.7 Å². The number of unbranched alkanes of at least 4 members (excludes halogenated alkanes) is 1. The summed E-state index contributed by atoms with van der Waals surface area (Å²) in [5.74, 6) is 2.38. The van der Waals surface area contributed by atoms with Gasteiger partial charge in [0, 0.05) is 69.7 Å². The fraction of sp³-hybridized carbons (Fsp3) is 0.500. The molecular formula is C92H114N28O15S2. The number of anilines is 4. The van der Waals surface area contributed by atoms with E-state index in [-0.39, 0.29) is 48.1 Å². The summed E-state index contributed by atoms with van der Waals surface area (Å²) in [7, 11) is 7.31. The number of aliphatic carboxylic acids is 4. The summed E-state index contributed by atoms with van der Waals surface area (Å²) in [6.07, 6.45) is 20.3. The van der Waals surface area contributed by atoms with Gasteiger partial charge in [0.15, 0.2) is 5.82 Å². The third kappa shape index (κ3) is 26.3. The van der Waals surface area contributed by atoms with Gasteiger partial charge >= 0.3 is 23.9 Å². The van der Waals surface area contributed by atoms with Gasteiger partial charge in [-0.1, -0.05) is 77.4 Å². The molecule has 18 rings (SSSR count). The number of nitrogens with zero attached hydrogens (tertiary/aromatic N) is 24. The van der Waals surface area contributed by atoms with E-state index in [9.17, 15) is 39.6 Å². The second-order valence-electron chi connectivity index (χ2n) is 34.6. The van der Waals surface area contributed by atoms with Gasteiger partial charge in [-0.2, -0.15) is 24.3 Å². The van der Waals surface area contributed by atoms with Crippen molar-refractivity contribution in [3.63, 3.8) is 0 Å². The van der Waals surface area contributed by atoms with E-state index in [1.54, 1.807) is 24.9 Å². The van der Waals surface area contributed by atoms with Crippen LogP contribution >= 0.6 is 23.1 Å². The van der Waals surface area contributed by atoms with Crippen LogP contribution in [0.3, 0.4) is 0 Å². The van der Waals surface area contributed by atoms with Gasteiger partial charge in [-0.25, -0.2) is 33.7 Å². The van der Waals surface area contributed by atoms with Crippen molar-refractivity contribution in [1.82, 2.24) is 119 Å². The van der Waals surface area contributed by atoms with Crippen LogP contribution in [-0.4, -0.2) is 194 Å². The predicted molar refractivity (Wildman–Crippen MR) is 501 cm³/mol. The quantitative estimate of drug-likeness (QED) is 0.0179. The zero-order valence-corrected chi connectivity index (χ0v) is 79.5. The molecule has 13 aromatic rings. The van der Waals surface area contributed by atoms with Gasteiger partial charge in [-0.15, -0.1) is 24.8 Å². The number of rotatable bonds is 37. The zero-order chi connectivity index (χ0) is 96.0. The van der Waals surface area contributed by atoms with E-state index in [2.05, 4.69) is 118 Å². The Balaban J connectivity index is 0.000000139. The van der Waals surface area contributed by atoms with Crippen LogP contribution in [0.15, 0.2) is 94.1 Å². The summed E-state index contributed by atoms with van der Waals surface area (Å²) in [6, 6.07) is 24.7. The molecule has 724 valence electrons. The van der Waals surface area contributed by atoms with Crippen molar-refractivity contribution >= 4 is 69.9 Å². The molecule has 0 radical (unpaired) electrons. The highest BCUT2D eigenvalue weighted by Crippen LogP contribution is 2.38. The number of carboxylic acids is 4. The molecule has 1 aromatic carbocycles. The maximum absolute atomic E-state index is 11.4. The zero-order valence-electron chi connectivity index (χ0n) is 77.9. The van der Waals surface area contributed by atoms with Gasteiger partial charge < -0.3 is 74.4 Å². The van der Waals surface area contributed by atoms with Crippen LogP contribution in [0.1, 0.15) is 200 Å². The molecule has 0 unspecified atom stereocenters. The van der Waals surface area contributed by atoms with E-state index in [1.165, 1.54) is 35.9 Å². The number of nitrogens with one attached hydrogen (secondary N) is 4. The number of ether oxygens (including phenoxy) is 5. The number of aryl methyl sites for hydroxylation is 9. The van der Waals surface area contributed by atoms with Crippen molar-refractivity contribution in [3.8, 4) is 85.1 Å². The first-order valence-electron chi connectivity index (χ1n) is 46.4. The van der Waals surface area contributed by atoms with Gasteiger partial charge in [0.05, 0.1) is 150 Å². The smallest absolute Gasteiger partial charge is 0.306 e. The maximum atomic E-state index is 11.4. The lowest BCUT2D eigenvalue weighted by atomic mass is 9.87. The number of benzene rings is 1. The highest BCUT2D eigenvalue weighted by molar-refractivity contribution is 7.09. The minimum atomic E-state index is -0.751. The number of carbonyl (C=O) groups is 4. The second-order valence-corrected chi connectivity index (χ2v) is 36.1. The first kappa shape index (κ1) is 97.4. The minimum absolute atomic E-state index is 0.108. The van der Waals surface area contributed by atoms with Gasteiger partial charge in [-0.3, -0.25) is 24.2 Å². The largest absolute Gasteiger partial charge is 0.489 e. The van der Waals surface area contributed by atoms with Crippen molar-refractivity contribution < 1.29 is 72.3 Å². The molecule has 12 heterocycles. The molecule has 0 spiro atoms. The van der Waals surface area contributed by atoms with Crippen molar-refractivity contribution in [2.75, 3.05) is 27.9 Å². The normalized spacial score (nSPS) is 18.5. The average Bonchev–Trinajstić information content (AvgIpc) is 1.64. The molecule has 5 aliphatic carbocycles. The number of aromatic nitrogens is 24. The van der Waals surface area contributed by atoms with Crippen LogP contribution in [0.5, 0.6) is 28.2 Å². The lowest BCUT2D eigenvalue weighted by molar-refractivity contribution is -0.144. The van der Waals surface area contributed by atoms with Gasteiger partial charge in [-0.05, 0) is 208 Å². The molecule has 0 amide bonds. The monoisotopic (exact) mass is 1910 g/mol. The van der Waals surface area contributed by atoms with E-state index >= 15 is 0 Å². The molecule has 45 heteroatoms.